The van der Waals surface area contributed by atoms with Crippen molar-refractivity contribution in [2.24, 2.45) is 29.6 Å². The van der Waals surface area contributed by atoms with E-state index in [-0.39, 0.29) is 12.2 Å². The molecule has 4 saturated carbocycles. The third kappa shape index (κ3) is 2.56. The Labute approximate surface area is 135 Å². The molecule has 2 atom stereocenters. The van der Waals surface area contributed by atoms with Gasteiger partial charge in [-0.2, -0.15) is 0 Å². The molecule has 4 heteroatoms. The quantitative estimate of drug-likeness (QED) is 0.712. The maximum atomic E-state index is 13.2. The van der Waals surface area contributed by atoms with E-state index < -0.39 is 0 Å². The zero-order valence-corrected chi connectivity index (χ0v) is 14.4. The summed E-state index contributed by atoms with van der Waals surface area (Å²) in [5, 5.41) is 0.822. The van der Waals surface area contributed by atoms with Gasteiger partial charge < -0.3 is 9.64 Å². The number of nitrogens with zero attached hydrogens (tertiary/aromatic N) is 1. The molecule has 0 spiro atoms. The van der Waals surface area contributed by atoms with Gasteiger partial charge in [0.15, 0.2) is 0 Å². The van der Waals surface area contributed by atoms with Crippen molar-refractivity contribution in [1.29, 1.82) is 0 Å². The normalized spacial score (nSPS) is 48.7. The highest BCUT2D eigenvalue weighted by Crippen LogP contribution is 2.56. The van der Waals surface area contributed by atoms with E-state index >= 15 is 0 Å². The summed E-state index contributed by atoms with van der Waals surface area (Å²) in [5.74, 6) is 4.04. The smallest absolute Gasteiger partial charge is 0.226 e. The monoisotopic (exact) mass is 355 g/mol. The number of amides is 1. The largest absolute Gasteiger partial charge is 0.371 e. The van der Waals surface area contributed by atoms with Gasteiger partial charge in [-0.25, -0.2) is 0 Å². The van der Waals surface area contributed by atoms with Crippen molar-refractivity contribution in [1.82, 2.24) is 4.90 Å². The Hall–Kier alpha value is -0.0900. The Bertz CT molecular complexity index is 399. The molecule has 0 N–H and O–H groups in total. The van der Waals surface area contributed by atoms with Crippen LogP contribution < -0.4 is 0 Å². The number of halogens is 1. The van der Waals surface area contributed by atoms with Crippen LogP contribution in [-0.4, -0.2) is 41.4 Å². The standard InChI is InChI=1S/C17H26BrNO2/c1-10-8-19(9-15(7-18)21-10)17(20)16-13-3-11-2-12(5-13)6-14(16)4-11/h10-16H,2-9H2,1H3. The van der Waals surface area contributed by atoms with Crippen molar-refractivity contribution in [2.45, 2.75) is 51.2 Å². The molecule has 2 unspecified atom stereocenters. The van der Waals surface area contributed by atoms with Gasteiger partial charge in [0.05, 0.1) is 12.2 Å². The van der Waals surface area contributed by atoms with Gasteiger partial charge in [0.2, 0.25) is 5.91 Å². The average molecular weight is 356 g/mol. The lowest BCUT2D eigenvalue weighted by molar-refractivity contribution is -0.159. The highest BCUT2D eigenvalue weighted by atomic mass is 79.9. The summed E-state index contributed by atoms with van der Waals surface area (Å²) in [6.45, 7) is 3.65. The zero-order chi connectivity index (χ0) is 14.6. The van der Waals surface area contributed by atoms with Gasteiger partial charge in [0, 0.05) is 24.3 Å². The van der Waals surface area contributed by atoms with Crippen molar-refractivity contribution in [3.63, 3.8) is 0 Å². The molecule has 1 amide bonds. The highest BCUT2D eigenvalue weighted by molar-refractivity contribution is 9.09. The molecule has 118 valence electrons. The maximum Gasteiger partial charge on any atom is 0.226 e. The van der Waals surface area contributed by atoms with Crippen LogP contribution in [-0.2, 0) is 9.53 Å². The van der Waals surface area contributed by atoms with Crippen molar-refractivity contribution in [3.05, 3.63) is 0 Å². The number of hydrogen-bond donors (Lipinski definition) is 0. The van der Waals surface area contributed by atoms with Crippen LogP contribution in [0.5, 0.6) is 0 Å². The molecule has 4 bridgehead atoms. The summed E-state index contributed by atoms with van der Waals surface area (Å²) >= 11 is 3.51. The van der Waals surface area contributed by atoms with Gasteiger partial charge >= 0.3 is 0 Å². The fourth-order valence-electron chi connectivity index (χ4n) is 5.85. The van der Waals surface area contributed by atoms with Crippen molar-refractivity contribution in [2.75, 3.05) is 18.4 Å². The van der Waals surface area contributed by atoms with E-state index in [1.807, 2.05) is 0 Å². The van der Waals surface area contributed by atoms with E-state index in [1.165, 1.54) is 32.1 Å². The molecule has 1 saturated heterocycles. The minimum atomic E-state index is 0.162. The topological polar surface area (TPSA) is 29.5 Å². The van der Waals surface area contributed by atoms with Crippen LogP contribution in [0.3, 0.4) is 0 Å². The maximum absolute atomic E-state index is 13.2. The highest BCUT2D eigenvalue weighted by Gasteiger charge is 2.51. The molecule has 4 aliphatic carbocycles. The Morgan fingerprint density at radius 3 is 2.29 bits per heavy atom. The van der Waals surface area contributed by atoms with Gasteiger partial charge in [-0.1, -0.05) is 15.9 Å². The first-order valence-electron chi connectivity index (χ1n) is 8.64. The number of rotatable bonds is 2. The van der Waals surface area contributed by atoms with E-state index in [1.54, 1.807) is 0 Å². The second-order valence-electron chi connectivity index (χ2n) is 7.92. The van der Waals surface area contributed by atoms with Crippen LogP contribution in [0.25, 0.3) is 0 Å². The van der Waals surface area contributed by atoms with E-state index in [0.717, 1.165) is 30.3 Å². The number of hydrogen-bond acceptors (Lipinski definition) is 2. The lowest BCUT2D eigenvalue weighted by atomic mass is 9.51. The van der Waals surface area contributed by atoms with Crippen molar-refractivity contribution in [3.8, 4) is 0 Å². The molecule has 3 nitrogen and oxygen atoms in total. The molecule has 0 radical (unpaired) electrons. The molecule has 1 aliphatic heterocycles. The van der Waals surface area contributed by atoms with Gasteiger partial charge in [0.1, 0.15) is 0 Å². The molecule has 0 aromatic rings. The van der Waals surface area contributed by atoms with Crippen LogP contribution >= 0.6 is 15.9 Å². The van der Waals surface area contributed by atoms with Gasteiger partial charge in [-0.05, 0) is 62.7 Å². The molecule has 0 aromatic carbocycles. The van der Waals surface area contributed by atoms with E-state index in [0.29, 0.717) is 23.7 Å². The van der Waals surface area contributed by atoms with Crippen LogP contribution in [0.1, 0.15) is 39.0 Å². The number of morpholine rings is 1. The van der Waals surface area contributed by atoms with Crippen molar-refractivity contribution < 1.29 is 9.53 Å². The van der Waals surface area contributed by atoms with Crippen LogP contribution in [0.2, 0.25) is 0 Å². The third-order valence-corrected chi connectivity index (χ3v) is 7.04. The Balaban J connectivity index is 1.49. The predicted octanol–water partition coefficient (Wildman–Crippen LogP) is 3.07. The van der Waals surface area contributed by atoms with E-state index in [2.05, 4.69) is 27.8 Å². The molecular formula is C17H26BrNO2. The Morgan fingerprint density at radius 2 is 1.71 bits per heavy atom. The van der Waals surface area contributed by atoms with Gasteiger partial charge in [0.25, 0.3) is 0 Å². The lowest BCUT2D eigenvalue weighted by Crippen LogP contribution is -2.56. The molecule has 1 heterocycles. The van der Waals surface area contributed by atoms with Crippen LogP contribution in [0.4, 0.5) is 0 Å². The van der Waals surface area contributed by atoms with Crippen LogP contribution in [0, 0.1) is 29.6 Å². The minimum Gasteiger partial charge on any atom is -0.371 e. The molecule has 5 rings (SSSR count). The third-order valence-electron chi connectivity index (χ3n) is 6.32. The fourth-order valence-corrected chi connectivity index (χ4v) is 6.21. The number of carbonyl (C=O) groups is 1. The minimum absolute atomic E-state index is 0.162. The SMILES string of the molecule is CC1CN(C(=O)C2C3CC4CC(C3)CC2C4)CC(CBr)O1. The second-order valence-corrected chi connectivity index (χ2v) is 8.57. The molecule has 0 aromatic heterocycles. The van der Waals surface area contributed by atoms with E-state index in [9.17, 15) is 4.79 Å². The Morgan fingerprint density at radius 1 is 1.10 bits per heavy atom. The van der Waals surface area contributed by atoms with Gasteiger partial charge in [-0.15, -0.1) is 0 Å². The second kappa shape index (κ2) is 5.52. The average Bonchev–Trinajstić information content (AvgIpc) is 2.45. The zero-order valence-electron chi connectivity index (χ0n) is 12.8. The number of carbonyl (C=O) groups excluding carboxylic acids is 1. The summed E-state index contributed by atoms with van der Waals surface area (Å²) in [4.78, 5) is 15.3. The number of alkyl halides is 1. The first-order valence-corrected chi connectivity index (χ1v) is 9.76. The van der Waals surface area contributed by atoms with Crippen molar-refractivity contribution >= 4 is 21.8 Å². The molecule has 5 fully saturated rings. The summed E-state index contributed by atoms with van der Waals surface area (Å²) in [5.41, 5.74) is 0. The lowest BCUT2D eigenvalue weighted by Gasteiger charge is -2.54. The Kier molecular flexibility index (Phi) is 3.81. The van der Waals surface area contributed by atoms with Gasteiger partial charge in [-0.3, -0.25) is 4.79 Å². The number of ether oxygens (including phenoxy) is 1. The first kappa shape index (κ1) is 14.5. The summed E-state index contributed by atoms with van der Waals surface area (Å²) in [6, 6.07) is 0. The fraction of sp³-hybridized carbons (Fsp3) is 0.941. The first-order chi connectivity index (χ1) is 10.1. The van der Waals surface area contributed by atoms with E-state index in [4.69, 9.17) is 4.74 Å². The molecule has 5 aliphatic rings. The molecular weight excluding hydrogens is 330 g/mol. The summed E-state index contributed by atoms with van der Waals surface area (Å²) in [7, 11) is 0. The predicted molar refractivity (Wildman–Crippen MR) is 85.2 cm³/mol. The summed E-state index contributed by atoms with van der Waals surface area (Å²) in [6.07, 6.45) is 7.08. The summed E-state index contributed by atoms with van der Waals surface area (Å²) < 4.78 is 5.88. The molecule has 21 heavy (non-hydrogen) atoms. The van der Waals surface area contributed by atoms with Crippen LogP contribution in [0.15, 0.2) is 0 Å².